The Kier molecular flexibility index (Phi) is 3.77. The molecule has 0 aromatic carbocycles. The van der Waals surface area contributed by atoms with Gasteiger partial charge in [-0.1, -0.05) is 26.2 Å². The molecule has 3 heteroatoms. The monoisotopic (exact) mass is 231 g/mol. The maximum atomic E-state index is 4.62. The molecule has 3 nitrogen and oxygen atoms in total. The zero-order chi connectivity index (χ0) is 12.3. The van der Waals surface area contributed by atoms with Gasteiger partial charge >= 0.3 is 0 Å². The Balaban J connectivity index is 2.23. The molecule has 0 spiro atoms. The van der Waals surface area contributed by atoms with Gasteiger partial charge in [0.25, 0.3) is 0 Å². The minimum Gasteiger partial charge on any atom is -0.244 e. The summed E-state index contributed by atoms with van der Waals surface area (Å²) < 4.78 is 2.08. The molecule has 17 heavy (non-hydrogen) atoms. The van der Waals surface area contributed by atoms with Gasteiger partial charge in [-0.25, -0.2) is 9.67 Å². The molecule has 0 aliphatic heterocycles. The highest BCUT2D eigenvalue weighted by molar-refractivity contribution is 5.77. The van der Waals surface area contributed by atoms with Crippen LogP contribution in [-0.4, -0.2) is 14.8 Å². The first-order valence-electron chi connectivity index (χ1n) is 6.54. The molecule has 0 radical (unpaired) electrons. The Morgan fingerprint density at radius 1 is 1.35 bits per heavy atom. The number of unbranched alkanes of at least 4 members (excludes halogenated alkanes) is 2. The number of hydrogen-bond acceptors (Lipinski definition) is 2. The average molecular weight is 231 g/mol. The van der Waals surface area contributed by atoms with Gasteiger partial charge in [0.05, 0.1) is 11.7 Å². The Hall–Kier alpha value is -1.38. The third kappa shape index (κ3) is 2.48. The van der Waals surface area contributed by atoms with Crippen LogP contribution < -0.4 is 0 Å². The normalized spacial score (nSPS) is 13.1. The van der Waals surface area contributed by atoms with Crippen LogP contribution >= 0.6 is 0 Å². The van der Waals surface area contributed by atoms with Crippen molar-refractivity contribution in [3.05, 3.63) is 24.0 Å². The standard InChI is InChI=1S/C14H21N3/c1-4-5-6-8-11(2)17-14-13(12(3)16-17)9-7-10-15-14/h7,9-11H,4-6,8H2,1-3H3. The largest absolute Gasteiger partial charge is 0.244 e. The van der Waals surface area contributed by atoms with Crippen LogP contribution in [0.5, 0.6) is 0 Å². The summed E-state index contributed by atoms with van der Waals surface area (Å²) in [6.45, 7) is 6.52. The second-order valence-electron chi connectivity index (χ2n) is 4.75. The fourth-order valence-electron chi connectivity index (χ4n) is 2.24. The number of nitrogens with zero attached hydrogens (tertiary/aromatic N) is 3. The SMILES string of the molecule is CCCCCC(C)n1nc(C)c2cccnc21. The maximum Gasteiger partial charge on any atom is 0.158 e. The van der Waals surface area contributed by atoms with Gasteiger partial charge in [-0.15, -0.1) is 0 Å². The Morgan fingerprint density at radius 3 is 2.94 bits per heavy atom. The van der Waals surface area contributed by atoms with Crippen LogP contribution in [-0.2, 0) is 0 Å². The molecule has 0 aliphatic carbocycles. The molecule has 92 valence electrons. The second kappa shape index (κ2) is 5.30. The number of aryl methyl sites for hydroxylation is 1. The molecule has 0 saturated heterocycles. The first kappa shape index (κ1) is 12.1. The van der Waals surface area contributed by atoms with Crippen LogP contribution in [0.4, 0.5) is 0 Å². The van der Waals surface area contributed by atoms with Gasteiger partial charge in [-0.2, -0.15) is 5.10 Å². The van der Waals surface area contributed by atoms with E-state index in [0.29, 0.717) is 6.04 Å². The van der Waals surface area contributed by atoms with Crippen LogP contribution in [0.3, 0.4) is 0 Å². The molecule has 0 bridgehead atoms. The summed E-state index contributed by atoms with van der Waals surface area (Å²) in [7, 11) is 0. The first-order valence-corrected chi connectivity index (χ1v) is 6.54. The van der Waals surface area contributed by atoms with Gasteiger partial charge in [0, 0.05) is 11.6 Å². The number of fused-ring (bicyclic) bond motifs is 1. The molecule has 0 N–H and O–H groups in total. The minimum absolute atomic E-state index is 0.438. The lowest BCUT2D eigenvalue weighted by molar-refractivity contribution is 0.446. The highest BCUT2D eigenvalue weighted by Crippen LogP contribution is 2.22. The highest BCUT2D eigenvalue weighted by atomic mass is 15.3. The number of rotatable bonds is 5. The molecular weight excluding hydrogens is 210 g/mol. The van der Waals surface area contributed by atoms with Gasteiger partial charge < -0.3 is 0 Å². The van der Waals surface area contributed by atoms with Crippen LogP contribution in [0.1, 0.15) is 51.3 Å². The van der Waals surface area contributed by atoms with Crippen molar-refractivity contribution in [2.75, 3.05) is 0 Å². The highest BCUT2D eigenvalue weighted by Gasteiger charge is 2.12. The van der Waals surface area contributed by atoms with Gasteiger partial charge in [0.1, 0.15) is 0 Å². The summed E-state index contributed by atoms with van der Waals surface area (Å²) in [5.41, 5.74) is 2.10. The minimum atomic E-state index is 0.438. The predicted molar refractivity (Wildman–Crippen MR) is 71.1 cm³/mol. The van der Waals surface area contributed by atoms with Crippen LogP contribution in [0, 0.1) is 6.92 Å². The lowest BCUT2D eigenvalue weighted by Crippen LogP contribution is -2.07. The lowest BCUT2D eigenvalue weighted by Gasteiger charge is -2.12. The van der Waals surface area contributed by atoms with Crippen molar-refractivity contribution in [2.45, 2.75) is 52.5 Å². The quantitative estimate of drug-likeness (QED) is 0.731. The van der Waals surface area contributed by atoms with E-state index in [9.17, 15) is 0 Å². The Labute approximate surface area is 103 Å². The fourth-order valence-corrected chi connectivity index (χ4v) is 2.24. The summed E-state index contributed by atoms with van der Waals surface area (Å²) in [5.74, 6) is 0. The molecule has 2 aromatic rings. The van der Waals surface area contributed by atoms with Crippen LogP contribution in [0.25, 0.3) is 11.0 Å². The van der Waals surface area contributed by atoms with E-state index in [1.165, 1.54) is 31.1 Å². The smallest absolute Gasteiger partial charge is 0.158 e. The molecule has 1 unspecified atom stereocenters. The molecular formula is C14H21N3. The van der Waals surface area contributed by atoms with Gasteiger partial charge in [-0.05, 0) is 32.4 Å². The van der Waals surface area contributed by atoms with E-state index in [0.717, 1.165) is 11.3 Å². The molecule has 0 amide bonds. The summed E-state index contributed by atoms with van der Waals surface area (Å²) in [5, 5.41) is 5.80. The zero-order valence-electron chi connectivity index (χ0n) is 11.0. The van der Waals surface area contributed by atoms with E-state index in [-0.39, 0.29) is 0 Å². The predicted octanol–water partition coefficient (Wildman–Crippen LogP) is 3.88. The number of aromatic nitrogens is 3. The summed E-state index contributed by atoms with van der Waals surface area (Å²) >= 11 is 0. The van der Waals surface area contributed by atoms with E-state index in [4.69, 9.17) is 0 Å². The second-order valence-corrected chi connectivity index (χ2v) is 4.75. The third-order valence-corrected chi connectivity index (χ3v) is 3.29. The van der Waals surface area contributed by atoms with E-state index in [2.05, 4.69) is 41.6 Å². The maximum absolute atomic E-state index is 4.62. The molecule has 0 aliphatic rings. The van der Waals surface area contributed by atoms with Crippen molar-refractivity contribution in [3.63, 3.8) is 0 Å². The summed E-state index contributed by atoms with van der Waals surface area (Å²) in [4.78, 5) is 4.45. The van der Waals surface area contributed by atoms with Gasteiger partial charge in [0.2, 0.25) is 0 Å². The van der Waals surface area contributed by atoms with Crippen LogP contribution in [0.15, 0.2) is 18.3 Å². The number of pyridine rings is 1. The zero-order valence-corrected chi connectivity index (χ0v) is 11.0. The van der Waals surface area contributed by atoms with Crippen molar-refractivity contribution < 1.29 is 0 Å². The van der Waals surface area contributed by atoms with E-state index < -0.39 is 0 Å². The summed E-state index contributed by atoms with van der Waals surface area (Å²) in [6, 6.07) is 4.51. The van der Waals surface area contributed by atoms with Gasteiger partial charge in [-0.3, -0.25) is 0 Å². The summed E-state index contributed by atoms with van der Waals surface area (Å²) in [6.07, 6.45) is 6.87. The van der Waals surface area contributed by atoms with E-state index >= 15 is 0 Å². The van der Waals surface area contributed by atoms with E-state index in [1.807, 2.05) is 12.3 Å². The fraction of sp³-hybridized carbons (Fsp3) is 0.571. The topological polar surface area (TPSA) is 30.7 Å². The van der Waals surface area contributed by atoms with Crippen molar-refractivity contribution in [1.29, 1.82) is 0 Å². The molecule has 2 heterocycles. The van der Waals surface area contributed by atoms with Crippen molar-refractivity contribution >= 4 is 11.0 Å². The molecule has 0 fully saturated rings. The first-order chi connectivity index (χ1) is 8.24. The Morgan fingerprint density at radius 2 is 2.18 bits per heavy atom. The van der Waals surface area contributed by atoms with E-state index in [1.54, 1.807) is 0 Å². The third-order valence-electron chi connectivity index (χ3n) is 3.29. The molecule has 1 atom stereocenters. The molecule has 2 rings (SSSR count). The van der Waals surface area contributed by atoms with Crippen LogP contribution in [0.2, 0.25) is 0 Å². The van der Waals surface area contributed by atoms with Crippen molar-refractivity contribution in [1.82, 2.24) is 14.8 Å². The molecule has 0 saturated carbocycles. The van der Waals surface area contributed by atoms with Crippen molar-refractivity contribution in [3.8, 4) is 0 Å². The lowest BCUT2D eigenvalue weighted by atomic mass is 10.1. The molecule has 2 aromatic heterocycles. The van der Waals surface area contributed by atoms with Gasteiger partial charge in [0.15, 0.2) is 5.65 Å². The average Bonchev–Trinajstić information content (AvgIpc) is 2.68. The van der Waals surface area contributed by atoms with Crippen molar-refractivity contribution in [2.24, 2.45) is 0 Å². The Bertz CT molecular complexity index is 487. The number of hydrogen-bond donors (Lipinski definition) is 0.